The first-order valence-corrected chi connectivity index (χ1v) is 13.0. The Kier molecular flexibility index (Phi) is 8.30. The van der Waals surface area contributed by atoms with Crippen LogP contribution >= 0.6 is 0 Å². The minimum Gasteiger partial charge on any atom is -0.477 e. The average molecular weight is 479 g/mol. The molecule has 0 saturated carbocycles. The summed E-state index contributed by atoms with van der Waals surface area (Å²) in [6, 6.07) is 8.05. The number of likely N-dealkylation sites (N-methyl/N-ethyl adjacent to an activating group) is 1. The fourth-order valence-electron chi connectivity index (χ4n) is 5.34. The smallest absolute Gasteiger partial charge is 0.341 e. The summed E-state index contributed by atoms with van der Waals surface area (Å²) in [5, 5.41) is 12.0. The molecule has 2 heterocycles. The summed E-state index contributed by atoms with van der Waals surface area (Å²) >= 11 is 0. The maximum Gasteiger partial charge on any atom is 0.341 e. The van der Waals surface area contributed by atoms with Crippen molar-refractivity contribution in [1.29, 1.82) is 0 Å². The van der Waals surface area contributed by atoms with Gasteiger partial charge in [0, 0.05) is 31.1 Å². The molecule has 1 aliphatic rings. The Morgan fingerprint density at radius 2 is 1.80 bits per heavy atom. The lowest BCUT2D eigenvalue weighted by molar-refractivity contribution is 0.0693. The summed E-state index contributed by atoms with van der Waals surface area (Å²) in [4.78, 5) is 26.9. The first-order valence-electron chi connectivity index (χ1n) is 13.0. The molecule has 35 heavy (non-hydrogen) atoms. The minimum atomic E-state index is -1.18. The Morgan fingerprint density at radius 1 is 1.11 bits per heavy atom. The summed E-state index contributed by atoms with van der Waals surface area (Å²) in [6.07, 6.45) is 8.79. The van der Waals surface area contributed by atoms with Gasteiger partial charge in [-0.05, 0) is 42.9 Å². The SMILES string of the molecule is CCCCCCCc1ccc/c(=C2\c3cc(=O)c(C(=O)O)cn3C(C(C)(C)C)CN2C)c1=C(C)C. The fraction of sp³-hybridized carbons (Fsp3) is 0.533. The van der Waals surface area contributed by atoms with Crippen molar-refractivity contribution in [3.63, 3.8) is 0 Å². The molecule has 0 saturated heterocycles. The molecule has 1 atom stereocenters. The lowest BCUT2D eigenvalue weighted by atomic mass is 9.84. The van der Waals surface area contributed by atoms with Crippen molar-refractivity contribution in [1.82, 2.24) is 9.47 Å². The van der Waals surface area contributed by atoms with E-state index in [4.69, 9.17) is 0 Å². The lowest BCUT2D eigenvalue weighted by Gasteiger charge is -2.43. The van der Waals surface area contributed by atoms with Gasteiger partial charge in [0.05, 0.1) is 17.4 Å². The number of nitrogens with zero attached hydrogens (tertiary/aromatic N) is 2. The van der Waals surface area contributed by atoms with Crippen LogP contribution in [0.15, 0.2) is 35.3 Å². The van der Waals surface area contributed by atoms with Crippen molar-refractivity contribution in [2.45, 2.75) is 86.1 Å². The number of unbranched alkanes of at least 4 members (excludes halogenated alkanes) is 4. The van der Waals surface area contributed by atoms with Gasteiger partial charge in [0.2, 0.25) is 0 Å². The van der Waals surface area contributed by atoms with Crippen molar-refractivity contribution >= 4 is 17.2 Å². The highest BCUT2D eigenvalue weighted by Crippen LogP contribution is 2.37. The van der Waals surface area contributed by atoms with Crippen LogP contribution in [0.4, 0.5) is 0 Å². The van der Waals surface area contributed by atoms with E-state index in [1.54, 1.807) is 6.20 Å². The predicted molar refractivity (Wildman–Crippen MR) is 144 cm³/mol. The van der Waals surface area contributed by atoms with Crippen molar-refractivity contribution in [2.75, 3.05) is 13.6 Å². The molecule has 3 rings (SSSR count). The van der Waals surface area contributed by atoms with E-state index in [1.807, 2.05) is 4.57 Å². The minimum absolute atomic E-state index is 0.0295. The number of rotatable bonds is 7. The quantitative estimate of drug-likeness (QED) is 0.573. The van der Waals surface area contributed by atoms with Crippen LogP contribution in [0.5, 0.6) is 0 Å². The van der Waals surface area contributed by atoms with Crippen LogP contribution in [-0.2, 0) is 6.42 Å². The second-order valence-electron chi connectivity index (χ2n) is 11.3. The normalized spacial score (nSPS) is 17.3. The Hall–Kier alpha value is -2.82. The van der Waals surface area contributed by atoms with Gasteiger partial charge in [0.25, 0.3) is 0 Å². The van der Waals surface area contributed by atoms with Crippen LogP contribution in [0, 0.1) is 5.41 Å². The van der Waals surface area contributed by atoms with E-state index in [-0.39, 0.29) is 17.0 Å². The van der Waals surface area contributed by atoms with Crippen LogP contribution in [0.2, 0.25) is 0 Å². The molecule has 2 aromatic rings. The van der Waals surface area contributed by atoms with E-state index in [0.717, 1.165) is 29.6 Å². The first kappa shape index (κ1) is 26.8. The molecular weight excluding hydrogens is 436 g/mol. The van der Waals surface area contributed by atoms with Crippen molar-refractivity contribution in [3.8, 4) is 0 Å². The van der Waals surface area contributed by atoms with Crippen LogP contribution in [-0.4, -0.2) is 34.1 Å². The number of aromatic nitrogens is 1. The molecule has 1 aromatic heterocycles. The number of hydrogen-bond acceptors (Lipinski definition) is 3. The highest BCUT2D eigenvalue weighted by Gasteiger charge is 2.35. The van der Waals surface area contributed by atoms with Gasteiger partial charge in [-0.15, -0.1) is 0 Å². The number of aryl methyl sites for hydroxylation is 1. The molecule has 5 heteroatoms. The molecular formula is C30H42N2O3. The second kappa shape index (κ2) is 10.8. The standard InChI is InChI=1S/C30H42N2O3/c1-8-9-10-11-12-14-21-15-13-16-22(27(21)20(2)3)28-24-17-25(33)23(29(34)35)18-32(24)26(19-31(28)7)30(4,5)6/h13,15-18,26H,8-12,14,19H2,1-7H3,(H,34,35)/b28-22-. The molecule has 0 radical (unpaired) electrons. The topological polar surface area (TPSA) is 62.5 Å². The number of carbonyl (C=O) groups is 1. The average Bonchev–Trinajstić information content (AvgIpc) is 2.77. The maximum absolute atomic E-state index is 12.9. The Bertz CT molecular complexity index is 1260. The number of hydrogen-bond donors (Lipinski definition) is 1. The number of aromatic carboxylic acids is 1. The van der Waals surface area contributed by atoms with Crippen LogP contribution in [0.1, 0.15) is 101 Å². The highest BCUT2D eigenvalue weighted by atomic mass is 16.4. The maximum atomic E-state index is 12.9. The summed E-state index contributed by atoms with van der Waals surface area (Å²) in [5.74, 6) is -1.18. The first-order chi connectivity index (χ1) is 16.5. The van der Waals surface area contributed by atoms with Gasteiger partial charge >= 0.3 is 5.97 Å². The molecule has 0 bridgehead atoms. The molecule has 1 aliphatic heterocycles. The van der Waals surface area contributed by atoms with Gasteiger partial charge in [0.1, 0.15) is 5.56 Å². The van der Waals surface area contributed by atoms with E-state index in [9.17, 15) is 14.7 Å². The van der Waals surface area contributed by atoms with Gasteiger partial charge in [-0.3, -0.25) is 4.79 Å². The number of pyridine rings is 1. The molecule has 0 aliphatic carbocycles. The fourth-order valence-corrected chi connectivity index (χ4v) is 5.34. The van der Waals surface area contributed by atoms with Crippen molar-refractivity contribution in [2.24, 2.45) is 5.41 Å². The van der Waals surface area contributed by atoms with E-state index >= 15 is 0 Å². The molecule has 1 unspecified atom stereocenters. The Balaban J connectivity index is 2.31. The molecule has 0 spiro atoms. The molecule has 190 valence electrons. The third-order valence-electron chi connectivity index (χ3n) is 7.17. The Labute approximate surface area is 209 Å². The zero-order chi connectivity index (χ0) is 25.9. The largest absolute Gasteiger partial charge is 0.477 e. The highest BCUT2D eigenvalue weighted by molar-refractivity contribution is 5.87. The third kappa shape index (κ3) is 5.71. The summed E-state index contributed by atoms with van der Waals surface area (Å²) in [7, 11) is 2.08. The van der Waals surface area contributed by atoms with E-state index in [0.29, 0.717) is 0 Å². The summed E-state index contributed by atoms with van der Waals surface area (Å²) < 4.78 is 2.03. The van der Waals surface area contributed by atoms with Gasteiger partial charge in [0.15, 0.2) is 5.43 Å². The van der Waals surface area contributed by atoms with Gasteiger partial charge in [-0.25, -0.2) is 4.79 Å². The van der Waals surface area contributed by atoms with Crippen LogP contribution < -0.4 is 15.9 Å². The van der Waals surface area contributed by atoms with Crippen molar-refractivity contribution in [3.05, 3.63) is 67.9 Å². The zero-order valence-electron chi connectivity index (χ0n) is 22.6. The number of fused-ring (bicyclic) bond motifs is 1. The van der Waals surface area contributed by atoms with Gasteiger partial charge in [-0.1, -0.05) is 77.2 Å². The predicted octanol–water partition coefficient (Wildman–Crippen LogP) is 4.94. The molecule has 5 nitrogen and oxygen atoms in total. The monoisotopic (exact) mass is 478 g/mol. The second-order valence-corrected chi connectivity index (χ2v) is 11.3. The van der Waals surface area contributed by atoms with Crippen LogP contribution in [0.3, 0.4) is 0 Å². The van der Waals surface area contributed by atoms with E-state index < -0.39 is 11.4 Å². The molecule has 1 aromatic carbocycles. The Morgan fingerprint density at radius 3 is 2.40 bits per heavy atom. The zero-order valence-corrected chi connectivity index (χ0v) is 22.6. The number of benzene rings is 1. The van der Waals surface area contributed by atoms with Gasteiger partial charge < -0.3 is 14.6 Å². The summed E-state index contributed by atoms with van der Waals surface area (Å²) in [6.45, 7) is 13.8. The molecule has 0 fully saturated rings. The molecule has 0 amide bonds. The number of carboxylic acid groups (broad SMARTS) is 1. The number of carboxylic acids is 1. The third-order valence-corrected chi connectivity index (χ3v) is 7.17. The lowest BCUT2D eigenvalue weighted by Crippen LogP contribution is -2.46. The van der Waals surface area contributed by atoms with Crippen molar-refractivity contribution < 1.29 is 9.90 Å². The summed E-state index contributed by atoms with van der Waals surface area (Å²) in [5.41, 5.74) is 3.63. The van der Waals surface area contributed by atoms with E-state index in [1.165, 1.54) is 54.5 Å². The van der Waals surface area contributed by atoms with Crippen LogP contribution in [0.25, 0.3) is 11.3 Å². The van der Waals surface area contributed by atoms with Gasteiger partial charge in [-0.2, -0.15) is 0 Å². The molecule has 1 N–H and O–H groups in total. The van der Waals surface area contributed by atoms with E-state index in [2.05, 4.69) is 71.7 Å².